The standard InChI is InChI=1S/C15H21NO2/c1-10(2)11-3-5-12(6-4-11)14(15(17)18)13-7-8-16-9-13/h3-6,10,13-14,16H,7-9H2,1-2H3,(H,17,18). The molecule has 0 aliphatic carbocycles. The Kier molecular flexibility index (Phi) is 4.02. The van der Waals surface area contributed by atoms with Gasteiger partial charge in [-0.3, -0.25) is 4.79 Å². The number of hydrogen-bond acceptors (Lipinski definition) is 2. The lowest BCUT2D eigenvalue weighted by molar-refractivity contribution is -0.140. The van der Waals surface area contributed by atoms with E-state index in [0.29, 0.717) is 5.92 Å². The summed E-state index contributed by atoms with van der Waals surface area (Å²) >= 11 is 0. The predicted octanol–water partition coefficient (Wildman–Crippen LogP) is 2.59. The van der Waals surface area contributed by atoms with Crippen LogP contribution in [0.4, 0.5) is 0 Å². The minimum absolute atomic E-state index is 0.215. The number of carboxylic acids is 1. The molecule has 0 aromatic heterocycles. The molecule has 0 amide bonds. The van der Waals surface area contributed by atoms with Gasteiger partial charge in [0, 0.05) is 0 Å². The minimum Gasteiger partial charge on any atom is -0.481 e. The van der Waals surface area contributed by atoms with E-state index < -0.39 is 5.97 Å². The number of aliphatic carboxylic acids is 1. The van der Waals surface area contributed by atoms with Gasteiger partial charge in [-0.25, -0.2) is 0 Å². The average molecular weight is 247 g/mol. The molecule has 98 valence electrons. The molecular weight excluding hydrogens is 226 g/mol. The molecule has 1 fully saturated rings. The zero-order valence-electron chi connectivity index (χ0n) is 11.0. The Morgan fingerprint density at radius 1 is 1.28 bits per heavy atom. The molecule has 18 heavy (non-hydrogen) atoms. The molecule has 3 nitrogen and oxygen atoms in total. The van der Waals surface area contributed by atoms with Crippen molar-refractivity contribution in [1.82, 2.24) is 5.32 Å². The van der Waals surface area contributed by atoms with E-state index in [0.717, 1.165) is 25.1 Å². The van der Waals surface area contributed by atoms with Crippen LogP contribution in [0.3, 0.4) is 0 Å². The maximum atomic E-state index is 11.5. The van der Waals surface area contributed by atoms with Gasteiger partial charge in [-0.15, -0.1) is 0 Å². The summed E-state index contributed by atoms with van der Waals surface area (Å²) in [5.41, 5.74) is 2.19. The Hall–Kier alpha value is -1.35. The molecular formula is C15H21NO2. The zero-order chi connectivity index (χ0) is 13.1. The topological polar surface area (TPSA) is 49.3 Å². The van der Waals surface area contributed by atoms with Crippen LogP contribution in [0, 0.1) is 5.92 Å². The number of rotatable bonds is 4. The van der Waals surface area contributed by atoms with Gasteiger partial charge in [0.1, 0.15) is 0 Å². The molecule has 0 radical (unpaired) electrons. The van der Waals surface area contributed by atoms with Crippen LogP contribution in [0.5, 0.6) is 0 Å². The largest absolute Gasteiger partial charge is 0.481 e. The van der Waals surface area contributed by atoms with Gasteiger partial charge < -0.3 is 10.4 Å². The van der Waals surface area contributed by atoms with E-state index in [1.165, 1.54) is 5.56 Å². The molecule has 3 heteroatoms. The second-order valence-electron chi connectivity index (χ2n) is 5.39. The van der Waals surface area contributed by atoms with Crippen LogP contribution in [0.25, 0.3) is 0 Å². The van der Waals surface area contributed by atoms with Crippen LogP contribution in [-0.2, 0) is 4.79 Å². The van der Waals surface area contributed by atoms with E-state index in [1.807, 2.05) is 12.1 Å². The van der Waals surface area contributed by atoms with Crippen molar-refractivity contribution >= 4 is 5.97 Å². The highest BCUT2D eigenvalue weighted by Crippen LogP contribution is 2.30. The minimum atomic E-state index is -0.707. The number of carboxylic acid groups (broad SMARTS) is 1. The van der Waals surface area contributed by atoms with Crippen molar-refractivity contribution < 1.29 is 9.90 Å². The van der Waals surface area contributed by atoms with Crippen LogP contribution in [0.15, 0.2) is 24.3 Å². The van der Waals surface area contributed by atoms with Crippen LogP contribution >= 0.6 is 0 Å². The highest BCUT2D eigenvalue weighted by atomic mass is 16.4. The van der Waals surface area contributed by atoms with E-state index >= 15 is 0 Å². The zero-order valence-corrected chi connectivity index (χ0v) is 11.0. The summed E-state index contributed by atoms with van der Waals surface area (Å²) in [5.74, 6) is -0.384. The molecule has 1 heterocycles. The first-order valence-corrected chi connectivity index (χ1v) is 6.63. The van der Waals surface area contributed by atoms with Gasteiger partial charge >= 0.3 is 5.97 Å². The summed E-state index contributed by atoms with van der Waals surface area (Å²) in [5, 5.41) is 12.7. The summed E-state index contributed by atoms with van der Waals surface area (Å²) in [6.07, 6.45) is 0.947. The Balaban J connectivity index is 2.22. The first kappa shape index (κ1) is 13.1. The summed E-state index contributed by atoms with van der Waals surface area (Å²) in [6.45, 7) is 6.02. The smallest absolute Gasteiger partial charge is 0.311 e. The summed E-state index contributed by atoms with van der Waals surface area (Å²) < 4.78 is 0. The third kappa shape index (κ3) is 2.72. The highest BCUT2D eigenvalue weighted by molar-refractivity contribution is 5.76. The second-order valence-corrected chi connectivity index (χ2v) is 5.39. The first-order chi connectivity index (χ1) is 8.59. The SMILES string of the molecule is CC(C)c1ccc(C(C(=O)O)C2CCNC2)cc1. The molecule has 2 rings (SSSR count). The molecule has 0 bridgehead atoms. The predicted molar refractivity (Wildman–Crippen MR) is 71.9 cm³/mol. The summed E-state index contributed by atoms with van der Waals surface area (Å²) in [6, 6.07) is 8.06. The molecule has 0 spiro atoms. The van der Waals surface area contributed by atoms with Crippen molar-refractivity contribution in [3.63, 3.8) is 0 Å². The fourth-order valence-corrected chi connectivity index (χ4v) is 2.67. The van der Waals surface area contributed by atoms with Crippen molar-refractivity contribution in [2.45, 2.75) is 32.1 Å². The van der Waals surface area contributed by atoms with Gasteiger partial charge in [0.25, 0.3) is 0 Å². The monoisotopic (exact) mass is 247 g/mol. The summed E-state index contributed by atoms with van der Waals surface area (Å²) in [4.78, 5) is 11.5. The van der Waals surface area contributed by atoms with Crippen molar-refractivity contribution in [3.8, 4) is 0 Å². The van der Waals surface area contributed by atoms with Gasteiger partial charge in [0.05, 0.1) is 5.92 Å². The van der Waals surface area contributed by atoms with E-state index in [-0.39, 0.29) is 11.8 Å². The molecule has 1 aliphatic heterocycles. The molecule has 2 N–H and O–H groups in total. The molecule has 0 saturated carbocycles. The number of carbonyl (C=O) groups is 1. The molecule has 1 saturated heterocycles. The highest BCUT2D eigenvalue weighted by Gasteiger charge is 2.31. The van der Waals surface area contributed by atoms with Crippen molar-refractivity contribution in [1.29, 1.82) is 0 Å². The van der Waals surface area contributed by atoms with Crippen LogP contribution < -0.4 is 5.32 Å². The molecule has 1 aromatic carbocycles. The van der Waals surface area contributed by atoms with E-state index in [4.69, 9.17) is 0 Å². The normalized spacial score (nSPS) is 21.2. The molecule has 1 aliphatic rings. The summed E-state index contributed by atoms with van der Waals surface area (Å²) in [7, 11) is 0. The van der Waals surface area contributed by atoms with Gasteiger partial charge in [0.2, 0.25) is 0 Å². The fourth-order valence-electron chi connectivity index (χ4n) is 2.67. The quantitative estimate of drug-likeness (QED) is 0.859. The lowest BCUT2D eigenvalue weighted by Gasteiger charge is -2.19. The second kappa shape index (κ2) is 5.53. The lowest BCUT2D eigenvalue weighted by atomic mass is 9.84. The maximum Gasteiger partial charge on any atom is 0.311 e. The van der Waals surface area contributed by atoms with Crippen LogP contribution in [0.1, 0.15) is 43.2 Å². The van der Waals surface area contributed by atoms with Crippen molar-refractivity contribution in [2.24, 2.45) is 5.92 Å². The van der Waals surface area contributed by atoms with Gasteiger partial charge in [-0.05, 0) is 42.5 Å². The van der Waals surface area contributed by atoms with Crippen molar-refractivity contribution in [3.05, 3.63) is 35.4 Å². The van der Waals surface area contributed by atoms with Gasteiger partial charge in [-0.2, -0.15) is 0 Å². The van der Waals surface area contributed by atoms with Crippen molar-refractivity contribution in [2.75, 3.05) is 13.1 Å². The first-order valence-electron chi connectivity index (χ1n) is 6.63. The van der Waals surface area contributed by atoms with Crippen LogP contribution in [-0.4, -0.2) is 24.2 Å². The Morgan fingerprint density at radius 2 is 1.89 bits per heavy atom. The van der Waals surface area contributed by atoms with E-state index in [9.17, 15) is 9.90 Å². The molecule has 1 aromatic rings. The van der Waals surface area contributed by atoms with Crippen LogP contribution in [0.2, 0.25) is 0 Å². The van der Waals surface area contributed by atoms with Gasteiger partial charge in [-0.1, -0.05) is 38.1 Å². The Bertz CT molecular complexity index is 405. The molecule has 2 atom stereocenters. The van der Waals surface area contributed by atoms with E-state index in [2.05, 4.69) is 31.3 Å². The van der Waals surface area contributed by atoms with Gasteiger partial charge in [0.15, 0.2) is 0 Å². The Labute approximate surface area is 108 Å². The fraction of sp³-hybridized carbons (Fsp3) is 0.533. The Morgan fingerprint density at radius 3 is 2.33 bits per heavy atom. The van der Waals surface area contributed by atoms with E-state index in [1.54, 1.807) is 0 Å². The molecule has 2 unspecified atom stereocenters. The number of nitrogens with one attached hydrogen (secondary N) is 1. The lowest BCUT2D eigenvalue weighted by Crippen LogP contribution is -2.23. The third-order valence-corrected chi connectivity index (χ3v) is 3.80. The maximum absolute atomic E-state index is 11.5. The number of hydrogen-bond donors (Lipinski definition) is 2. The average Bonchev–Trinajstić information content (AvgIpc) is 2.83. The third-order valence-electron chi connectivity index (χ3n) is 3.80. The number of benzene rings is 1.